The van der Waals surface area contributed by atoms with Crippen LogP contribution in [0.5, 0.6) is 0 Å². The largest absolute Gasteiger partial charge is 0.0625 e. The molecule has 64 valence electrons. The van der Waals surface area contributed by atoms with Gasteiger partial charge in [-0.3, -0.25) is 0 Å². The second-order valence-corrected chi connectivity index (χ2v) is 4.83. The Hall–Kier alpha value is 0. The molecule has 2 fully saturated rings. The predicted molar refractivity (Wildman–Crippen MR) is 48.5 cm³/mol. The van der Waals surface area contributed by atoms with Crippen LogP contribution in [0.3, 0.4) is 0 Å². The Morgan fingerprint density at radius 3 is 1.91 bits per heavy atom. The molecule has 0 aromatic heterocycles. The first kappa shape index (κ1) is 7.64. The van der Waals surface area contributed by atoms with Gasteiger partial charge in [0.05, 0.1) is 0 Å². The Morgan fingerprint density at radius 2 is 1.36 bits per heavy atom. The molecule has 0 heterocycles. The number of rotatable bonds is 0. The van der Waals surface area contributed by atoms with Gasteiger partial charge in [0, 0.05) is 0 Å². The minimum atomic E-state index is 1.04. The van der Waals surface area contributed by atoms with Gasteiger partial charge in [0.2, 0.25) is 0 Å². The Balaban J connectivity index is 1.99. The van der Waals surface area contributed by atoms with Gasteiger partial charge < -0.3 is 0 Å². The molecular weight excluding hydrogens is 132 g/mol. The molecule has 2 rings (SSSR count). The van der Waals surface area contributed by atoms with Gasteiger partial charge in [0.1, 0.15) is 0 Å². The van der Waals surface area contributed by atoms with Crippen LogP contribution in [0.25, 0.3) is 0 Å². The molecule has 0 N–H and O–H groups in total. The molecule has 2 aliphatic rings. The maximum atomic E-state index is 2.45. The van der Waals surface area contributed by atoms with Crippen LogP contribution in [0.2, 0.25) is 0 Å². The fraction of sp³-hybridized carbons (Fsp3) is 1.00. The van der Waals surface area contributed by atoms with Gasteiger partial charge >= 0.3 is 0 Å². The summed E-state index contributed by atoms with van der Waals surface area (Å²) in [5.74, 6) is 3.27. The third kappa shape index (κ3) is 1.77. The molecular formula is C11H20. The number of fused-ring (bicyclic) bond motifs is 2. The topological polar surface area (TPSA) is 0 Å². The quantitative estimate of drug-likeness (QED) is 0.497. The van der Waals surface area contributed by atoms with E-state index in [-0.39, 0.29) is 0 Å². The first-order valence-corrected chi connectivity index (χ1v) is 5.34. The summed E-state index contributed by atoms with van der Waals surface area (Å²) in [4.78, 5) is 0. The smallest absolute Gasteiger partial charge is 0.0409 e. The first-order valence-electron chi connectivity index (χ1n) is 5.34. The van der Waals surface area contributed by atoms with Gasteiger partial charge in [-0.05, 0) is 37.0 Å². The van der Waals surface area contributed by atoms with Crippen LogP contribution < -0.4 is 0 Å². The molecule has 2 unspecified atom stereocenters. The third-order valence-corrected chi connectivity index (χ3v) is 3.61. The average Bonchev–Trinajstić information content (AvgIpc) is 2.11. The lowest BCUT2D eigenvalue weighted by molar-refractivity contribution is 0.210. The summed E-state index contributed by atoms with van der Waals surface area (Å²) >= 11 is 0. The Kier molecular flexibility index (Phi) is 2.20. The van der Waals surface area contributed by atoms with E-state index in [2.05, 4.69) is 6.92 Å². The Morgan fingerprint density at radius 1 is 0.818 bits per heavy atom. The molecule has 0 heteroatoms. The van der Waals surface area contributed by atoms with E-state index in [1.54, 1.807) is 19.3 Å². The normalized spacial score (nSPS) is 45.0. The second-order valence-electron chi connectivity index (χ2n) is 4.83. The minimum Gasteiger partial charge on any atom is -0.0625 e. The van der Waals surface area contributed by atoms with E-state index in [9.17, 15) is 0 Å². The van der Waals surface area contributed by atoms with Gasteiger partial charge in [-0.15, -0.1) is 0 Å². The summed E-state index contributed by atoms with van der Waals surface area (Å²) in [6.07, 6.45) is 10.8. The highest BCUT2D eigenvalue weighted by molar-refractivity contribution is 4.79. The van der Waals surface area contributed by atoms with Crippen molar-refractivity contribution in [3.05, 3.63) is 0 Å². The van der Waals surface area contributed by atoms with Crippen LogP contribution in [0.15, 0.2) is 0 Å². The van der Waals surface area contributed by atoms with Crippen molar-refractivity contribution >= 4 is 0 Å². The molecule has 0 spiro atoms. The molecule has 0 saturated heterocycles. The number of hydrogen-bond acceptors (Lipinski definition) is 0. The molecule has 2 saturated carbocycles. The lowest BCUT2D eigenvalue weighted by Crippen LogP contribution is -2.19. The molecule has 11 heavy (non-hydrogen) atoms. The Labute approximate surface area is 70.4 Å². The van der Waals surface area contributed by atoms with E-state index in [1.807, 2.05) is 0 Å². The summed E-state index contributed by atoms with van der Waals surface area (Å²) in [7, 11) is 0. The van der Waals surface area contributed by atoms with Crippen molar-refractivity contribution in [1.82, 2.24) is 0 Å². The van der Waals surface area contributed by atoms with Crippen LogP contribution in [0.4, 0.5) is 0 Å². The summed E-state index contributed by atoms with van der Waals surface area (Å²) in [6.45, 7) is 2.45. The van der Waals surface area contributed by atoms with E-state index >= 15 is 0 Å². The average molecular weight is 152 g/mol. The van der Waals surface area contributed by atoms with Crippen LogP contribution in [0, 0.1) is 17.8 Å². The van der Waals surface area contributed by atoms with Crippen molar-refractivity contribution in [3.8, 4) is 0 Å². The van der Waals surface area contributed by atoms with Gasteiger partial charge in [-0.1, -0.05) is 32.6 Å². The van der Waals surface area contributed by atoms with Crippen LogP contribution in [-0.2, 0) is 0 Å². The van der Waals surface area contributed by atoms with Crippen molar-refractivity contribution in [1.29, 1.82) is 0 Å². The van der Waals surface area contributed by atoms with Crippen LogP contribution >= 0.6 is 0 Å². The summed E-state index contributed by atoms with van der Waals surface area (Å²) in [5, 5.41) is 0. The highest BCUT2D eigenvalue weighted by Gasteiger charge is 2.27. The standard InChI is InChI=1S/C11H20/c1-9-6-10-4-2-3-5-11(7-9)8-10/h9-11H,2-8H2,1H3. The van der Waals surface area contributed by atoms with Crippen LogP contribution in [-0.4, -0.2) is 0 Å². The van der Waals surface area contributed by atoms with Crippen molar-refractivity contribution in [2.24, 2.45) is 17.8 Å². The van der Waals surface area contributed by atoms with Crippen molar-refractivity contribution < 1.29 is 0 Å². The van der Waals surface area contributed by atoms with Crippen molar-refractivity contribution in [2.45, 2.75) is 51.9 Å². The fourth-order valence-electron chi connectivity index (χ4n) is 3.24. The van der Waals surface area contributed by atoms with Gasteiger partial charge in [-0.25, -0.2) is 0 Å². The SMILES string of the molecule is CC1CC2CCCCC(C1)C2. The zero-order valence-corrected chi connectivity index (χ0v) is 7.68. The minimum absolute atomic E-state index is 1.04. The maximum Gasteiger partial charge on any atom is -0.0409 e. The zero-order valence-electron chi connectivity index (χ0n) is 7.68. The monoisotopic (exact) mass is 152 g/mol. The molecule has 2 bridgehead atoms. The second kappa shape index (κ2) is 3.16. The van der Waals surface area contributed by atoms with Gasteiger partial charge in [-0.2, -0.15) is 0 Å². The van der Waals surface area contributed by atoms with E-state index in [4.69, 9.17) is 0 Å². The molecule has 0 radical (unpaired) electrons. The lowest BCUT2D eigenvalue weighted by Gasteiger charge is -2.30. The van der Waals surface area contributed by atoms with E-state index < -0.39 is 0 Å². The molecule has 0 aliphatic heterocycles. The van der Waals surface area contributed by atoms with Gasteiger partial charge in [0.25, 0.3) is 0 Å². The maximum absolute atomic E-state index is 2.45. The highest BCUT2D eigenvalue weighted by Crippen LogP contribution is 2.40. The molecule has 0 nitrogen and oxygen atoms in total. The van der Waals surface area contributed by atoms with E-state index in [1.165, 1.54) is 25.7 Å². The van der Waals surface area contributed by atoms with Crippen LogP contribution in [0.1, 0.15) is 51.9 Å². The van der Waals surface area contributed by atoms with Crippen molar-refractivity contribution in [2.75, 3.05) is 0 Å². The zero-order chi connectivity index (χ0) is 7.68. The summed E-state index contributed by atoms with van der Waals surface area (Å²) < 4.78 is 0. The molecule has 0 aromatic rings. The van der Waals surface area contributed by atoms with E-state index in [0.717, 1.165) is 17.8 Å². The first-order chi connectivity index (χ1) is 5.34. The third-order valence-electron chi connectivity index (χ3n) is 3.61. The fourth-order valence-corrected chi connectivity index (χ4v) is 3.24. The molecule has 2 atom stereocenters. The van der Waals surface area contributed by atoms with Gasteiger partial charge in [0.15, 0.2) is 0 Å². The summed E-state index contributed by atoms with van der Waals surface area (Å²) in [5.41, 5.74) is 0. The molecule has 2 aliphatic carbocycles. The number of hydrogen-bond donors (Lipinski definition) is 0. The predicted octanol–water partition coefficient (Wildman–Crippen LogP) is 3.61. The molecule has 0 aromatic carbocycles. The highest BCUT2D eigenvalue weighted by atomic mass is 14.3. The van der Waals surface area contributed by atoms with Crippen molar-refractivity contribution in [3.63, 3.8) is 0 Å². The Bertz CT molecular complexity index is 114. The molecule has 0 amide bonds. The summed E-state index contributed by atoms with van der Waals surface area (Å²) in [6, 6.07) is 0. The van der Waals surface area contributed by atoms with E-state index in [0.29, 0.717) is 0 Å². The lowest BCUT2D eigenvalue weighted by atomic mass is 9.75.